The lowest BCUT2D eigenvalue weighted by molar-refractivity contribution is 0.0689. The summed E-state index contributed by atoms with van der Waals surface area (Å²) < 4.78 is 16.3. The zero-order chi connectivity index (χ0) is 20.8. The molecule has 0 aliphatic carbocycles. The Morgan fingerprint density at radius 2 is 2.00 bits per heavy atom. The maximum Gasteiger partial charge on any atom is 0.317 e. The molecule has 1 heterocycles. The van der Waals surface area contributed by atoms with Crippen LogP contribution in [-0.2, 0) is 6.54 Å². The predicted molar refractivity (Wildman–Crippen MR) is 109 cm³/mol. The van der Waals surface area contributed by atoms with Crippen molar-refractivity contribution >= 4 is 6.03 Å². The SMILES string of the molecule is Cc1cccc(OC[C@H](O)CN(C(=O)NCc2ccc3c(c2)OCO3)C(C)C)c1. The molecular formula is C22H28N2O5. The fourth-order valence-electron chi connectivity index (χ4n) is 3.04. The highest BCUT2D eigenvalue weighted by atomic mass is 16.7. The molecule has 29 heavy (non-hydrogen) atoms. The van der Waals surface area contributed by atoms with Crippen molar-refractivity contribution in [1.82, 2.24) is 10.2 Å². The first-order valence-electron chi connectivity index (χ1n) is 9.73. The first kappa shape index (κ1) is 20.8. The fourth-order valence-corrected chi connectivity index (χ4v) is 3.04. The number of urea groups is 1. The zero-order valence-corrected chi connectivity index (χ0v) is 17.1. The number of nitrogens with zero attached hydrogens (tertiary/aromatic N) is 1. The number of aliphatic hydroxyl groups excluding tert-OH is 1. The summed E-state index contributed by atoms with van der Waals surface area (Å²) in [5, 5.41) is 13.3. The van der Waals surface area contributed by atoms with Crippen LogP contribution in [0.1, 0.15) is 25.0 Å². The highest BCUT2D eigenvalue weighted by molar-refractivity contribution is 5.74. The van der Waals surface area contributed by atoms with E-state index in [9.17, 15) is 9.90 Å². The summed E-state index contributed by atoms with van der Waals surface area (Å²) in [6.45, 7) is 6.67. The molecule has 0 unspecified atom stereocenters. The third-order valence-electron chi connectivity index (χ3n) is 4.60. The number of fused-ring (bicyclic) bond motifs is 1. The Labute approximate surface area is 171 Å². The van der Waals surface area contributed by atoms with Crippen LogP contribution in [0.3, 0.4) is 0 Å². The van der Waals surface area contributed by atoms with Crippen LogP contribution in [0.25, 0.3) is 0 Å². The van der Waals surface area contributed by atoms with E-state index in [0.717, 1.165) is 11.1 Å². The Kier molecular flexibility index (Phi) is 6.82. The summed E-state index contributed by atoms with van der Waals surface area (Å²) in [5.74, 6) is 2.09. The average molecular weight is 400 g/mol. The predicted octanol–water partition coefficient (Wildman–Crippen LogP) is 3.08. The summed E-state index contributed by atoms with van der Waals surface area (Å²) in [6, 6.07) is 12.9. The van der Waals surface area contributed by atoms with Crippen LogP contribution in [0.15, 0.2) is 42.5 Å². The van der Waals surface area contributed by atoms with Crippen molar-refractivity contribution in [3.63, 3.8) is 0 Å². The topological polar surface area (TPSA) is 80.3 Å². The number of benzene rings is 2. The highest BCUT2D eigenvalue weighted by Gasteiger charge is 2.21. The van der Waals surface area contributed by atoms with Gasteiger partial charge in [0.05, 0.1) is 6.54 Å². The van der Waals surface area contributed by atoms with Crippen LogP contribution in [0.2, 0.25) is 0 Å². The maximum atomic E-state index is 12.7. The molecule has 156 valence electrons. The summed E-state index contributed by atoms with van der Waals surface area (Å²) in [4.78, 5) is 14.2. The molecule has 1 aliphatic rings. The van der Waals surface area contributed by atoms with E-state index in [1.165, 1.54) is 0 Å². The maximum absolute atomic E-state index is 12.7. The van der Waals surface area contributed by atoms with Crippen LogP contribution >= 0.6 is 0 Å². The van der Waals surface area contributed by atoms with Crippen LogP contribution in [-0.4, -0.2) is 48.1 Å². The molecule has 2 aromatic rings. The van der Waals surface area contributed by atoms with Gasteiger partial charge in [0.2, 0.25) is 6.79 Å². The zero-order valence-electron chi connectivity index (χ0n) is 17.1. The lowest BCUT2D eigenvalue weighted by Crippen LogP contribution is -2.48. The van der Waals surface area contributed by atoms with Gasteiger partial charge in [-0.1, -0.05) is 18.2 Å². The number of aryl methyl sites for hydroxylation is 1. The summed E-state index contributed by atoms with van der Waals surface area (Å²) in [5.41, 5.74) is 2.00. The second-order valence-electron chi connectivity index (χ2n) is 7.37. The quantitative estimate of drug-likeness (QED) is 0.712. The van der Waals surface area contributed by atoms with Crippen molar-refractivity contribution in [1.29, 1.82) is 0 Å². The molecule has 0 saturated heterocycles. The van der Waals surface area contributed by atoms with Crippen LogP contribution in [0.4, 0.5) is 4.79 Å². The van der Waals surface area contributed by atoms with Crippen molar-refractivity contribution in [3.8, 4) is 17.2 Å². The van der Waals surface area contributed by atoms with Gasteiger partial charge in [-0.25, -0.2) is 4.79 Å². The normalized spacial score (nSPS) is 13.3. The Morgan fingerprint density at radius 3 is 2.76 bits per heavy atom. The van der Waals surface area contributed by atoms with E-state index in [0.29, 0.717) is 23.8 Å². The number of aliphatic hydroxyl groups is 1. The molecule has 0 bridgehead atoms. The van der Waals surface area contributed by atoms with Crippen molar-refractivity contribution in [2.45, 2.75) is 39.5 Å². The third-order valence-corrected chi connectivity index (χ3v) is 4.60. The fraction of sp³-hybridized carbons (Fsp3) is 0.409. The molecule has 0 aromatic heterocycles. The number of carbonyl (C=O) groups is 1. The van der Waals surface area contributed by atoms with E-state index < -0.39 is 6.10 Å². The monoisotopic (exact) mass is 400 g/mol. The van der Waals surface area contributed by atoms with Crippen molar-refractivity contribution in [2.75, 3.05) is 19.9 Å². The number of rotatable bonds is 8. The van der Waals surface area contributed by atoms with E-state index in [1.807, 2.05) is 63.2 Å². The van der Waals surface area contributed by atoms with E-state index in [1.54, 1.807) is 4.90 Å². The minimum Gasteiger partial charge on any atom is -0.491 e. The molecule has 7 nitrogen and oxygen atoms in total. The summed E-state index contributed by atoms with van der Waals surface area (Å²) in [6.07, 6.45) is -0.797. The molecule has 0 fully saturated rings. The van der Waals surface area contributed by atoms with Gasteiger partial charge in [0, 0.05) is 12.6 Å². The number of carbonyl (C=O) groups excluding carboxylic acids is 1. The molecule has 0 radical (unpaired) electrons. The smallest absolute Gasteiger partial charge is 0.317 e. The molecule has 0 spiro atoms. The van der Waals surface area contributed by atoms with Gasteiger partial charge in [0.1, 0.15) is 18.5 Å². The Hall–Kier alpha value is -2.93. The van der Waals surface area contributed by atoms with Gasteiger partial charge in [-0.05, 0) is 56.2 Å². The van der Waals surface area contributed by atoms with Crippen molar-refractivity contribution < 1.29 is 24.1 Å². The Bertz CT molecular complexity index is 840. The molecular weight excluding hydrogens is 372 g/mol. The third kappa shape index (κ3) is 5.77. The van der Waals surface area contributed by atoms with E-state index in [-0.39, 0.29) is 32.0 Å². The number of nitrogens with one attached hydrogen (secondary N) is 1. The van der Waals surface area contributed by atoms with Gasteiger partial charge in [0.25, 0.3) is 0 Å². The van der Waals surface area contributed by atoms with Gasteiger partial charge >= 0.3 is 6.03 Å². The molecule has 1 atom stereocenters. The molecule has 7 heteroatoms. The second kappa shape index (κ2) is 9.52. The number of hydrogen-bond donors (Lipinski definition) is 2. The standard InChI is InChI=1S/C22H28N2O5/c1-15(2)24(12-18(25)13-27-19-6-4-5-16(3)9-19)22(26)23-11-17-7-8-20-21(10-17)29-14-28-20/h4-10,15,18,25H,11-14H2,1-3H3,(H,23,26)/t18-/m1/s1. The van der Waals surface area contributed by atoms with Crippen LogP contribution in [0, 0.1) is 6.92 Å². The van der Waals surface area contributed by atoms with Crippen molar-refractivity contribution in [3.05, 3.63) is 53.6 Å². The molecule has 2 N–H and O–H groups in total. The van der Waals surface area contributed by atoms with Gasteiger partial charge in [0.15, 0.2) is 11.5 Å². The second-order valence-corrected chi connectivity index (χ2v) is 7.37. The molecule has 3 rings (SSSR count). The van der Waals surface area contributed by atoms with E-state index in [4.69, 9.17) is 14.2 Å². The summed E-state index contributed by atoms with van der Waals surface area (Å²) >= 11 is 0. The highest BCUT2D eigenvalue weighted by Crippen LogP contribution is 2.32. The van der Waals surface area contributed by atoms with E-state index in [2.05, 4.69) is 5.32 Å². The lowest BCUT2D eigenvalue weighted by Gasteiger charge is -2.29. The largest absolute Gasteiger partial charge is 0.491 e. The number of amides is 2. The summed E-state index contributed by atoms with van der Waals surface area (Å²) in [7, 11) is 0. The van der Waals surface area contributed by atoms with E-state index >= 15 is 0 Å². The average Bonchev–Trinajstić information content (AvgIpc) is 3.16. The molecule has 2 amide bonds. The van der Waals surface area contributed by atoms with Crippen LogP contribution in [0.5, 0.6) is 17.2 Å². The van der Waals surface area contributed by atoms with Gasteiger partial charge < -0.3 is 29.5 Å². The number of ether oxygens (including phenoxy) is 3. The first-order chi connectivity index (χ1) is 13.9. The Morgan fingerprint density at radius 1 is 1.21 bits per heavy atom. The molecule has 1 aliphatic heterocycles. The van der Waals surface area contributed by atoms with Gasteiger partial charge in [-0.15, -0.1) is 0 Å². The lowest BCUT2D eigenvalue weighted by atomic mass is 10.2. The number of hydrogen-bond acceptors (Lipinski definition) is 5. The van der Waals surface area contributed by atoms with Crippen molar-refractivity contribution in [2.24, 2.45) is 0 Å². The molecule has 0 saturated carbocycles. The molecule has 2 aromatic carbocycles. The van der Waals surface area contributed by atoms with Crippen LogP contribution < -0.4 is 19.5 Å². The Balaban J connectivity index is 1.50. The minimum absolute atomic E-state index is 0.0691. The first-order valence-corrected chi connectivity index (χ1v) is 9.73. The minimum atomic E-state index is -0.797. The van der Waals surface area contributed by atoms with Gasteiger partial charge in [-0.3, -0.25) is 0 Å². The van der Waals surface area contributed by atoms with Gasteiger partial charge in [-0.2, -0.15) is 0 Å².